The van der Waals surface area contributed by atoms with Crippen molar-refractivity contribution in [3.8, 4) is 0 Å². The number of H-pyrrole nitrogens is 2. The van der Waals surface area contributed by atoms with E-state index in [0.29, 0.717) is 28.8 Å². The zero-order chi connectivity index (χ0) is 19.5. The summed E-state index contributed by atoms with van der Waals surface area (Å²) < 4.78 is 0. The van der Waals surface area contributed by atoms with Crippen molar-refractivity contribution < 1.29 is 9.59 Å². The molecule has 0 aliphatic carbocycles. The average molecular weight is 383 g/mol. The number of nitrogens with zero attached hydrogens (tertiary/aromatic N) is 2. The van der Waals surface area contributed by atoms with Crippen LogP contribution in [-0.2, 0) is 25.7 Å². The Balaban J connectivity index is 1.75. The predicted molar refractivity (Wildman–Crippen MR) is 108 cm³/mol. The van der Waals surface area contributed by atoms with E-state index in [2.05, 4.69) is 21.4 Å². The van der Waals surface area contributed by atoms with Crippen molar-refractivity contribution in [2.75, 3.05) is 0 Å². The Morgan fingerprint density at radius 1 is 0.690 bits per heavy atom. The number of aromatic amines is 2. The zero-order valence-corrected chi connectivity index (χ0v) is 15.5. The highest BCUT2D eigenvalue weighted by atomic mass is 16.2. The molecule has 0 aromatic carbocycles. The van der Waals surface area contributed by atoms with E-state index in [9.17, 15) is 9.59 Å². The fourth-order valence-electron chi connectivity index (χ4n) is 4.27. The van der Waals surface area contributed by atoms with Gasteiger partial charge in [-0.3, -0.25) is 24.9 Å². The van der Waals surface area contributed by atoms with Crippen molar-refractivity contribution in [3.63, 3.8) is 0 Å². The van der Waals surface area contributed by atoms with Crippen LogP contribution in [0.1, 0.15) is 43.5 Å². The number of nitrogens with one attached hydrogen (secondary N) is 3. The van der Waals surface area contributed by atoms with Gasteiger partial charge in [0.2, 0.25) is 0 Å². The summed E-state index contributed by atoms with van der Waals surface area (Å²) in [5.41, 5.74) is 7.79. The highest BCUT2D eigenvalue weighted by molar-refractivity contribution is 6.22. The quantitative estimate of drug-likeness (QED) is 0.519. The van der Waals surface area contributed by atoms with Crippen molar-refractivity contribution >= 4 is 33.9 Å². The highest BCUT2D eigenvalue weighted by Gasteiger charge is 2.28. The van der Waals surface area contributed by atoms with Crippen molar-refractivity contribution in [1.29, 1.82) is 0 Å². The second kappa shape index (κ2) is 5.88. The molecule has 3 N–H and O–H groups in total. The second-order valence-electron chi connectivity index (χ2n) is 7.62. The molecule has 0 unspecified atom stereocenters. The van der Waals surface area contributed by atoms with E-state index >= 15 is 0 Å². The Labute approximate surface area is 165 Å². The minimum Gasteiger partial charge on any atom is -0.355 e. The smallest absolute Gasteiger partial charge is 0.262 e. The minimum absolute atomic E-state index is 0.385. The average Bonchev–Trinajstić information content (AvgIpc) is 3.45. The van der Waals surface area contributed by atoms with Gasteiger partial charge < -0.3 is 9.97 Å². The van der Waals surface area contributed by atoms with Crippen molar-refractivity contribution in [2.24, 2.45) is 0 Å². The maximum absolute atomic E-state index is 12.6. The fourth-order valence-corrected chi connectivity index (χ4v) is 4.27. The van der Waals surface area contributed by atoms with Gasteiger partial charge in [-0.05, 0) is 62.1 Å². The number of imide groups is 1. The SMILES string of the molecule is O=C1NC(=O)c2c3nc(cc4ccc(cc5nc(cc6cc1c2[nH]6)CC5)[nH]4)CC3. The van der Waals surface area contributed by atoms with Gasteiger partial charge in [0.05, 0.1) is 22.3 Å². The van der Waals surface area contributed by atoms with Gasteiger partial charge in [-0.15, -0.1) is 0 Å². The summed E-state index contributed by atoms with van der Waals surface area (Å²) in [6, 6.07) is 11.9. The van der Waals surface area contributed by atoms with E-state index < -0.39 is 5.91 Å². The third-order valence-electron chi connectivity index (χ3n) is 5.59. The fraction of sp³-hybridized carbons (Fsp3) is 0.182. The molecular formula is C22H17N5O2. The van der Waals surface area contributed by atoms with Crippen LogP contribution in [0.4, 0.5) is 0 Å². The highest BCUT2D eigenvalue weighted by Crippen LogP contribution is 2.26. The van der Waals surface area contributed by atoms with Crippen molar-refractivity contribution in [3.05, 3.63) is 70.3 Å². The number of hydrogen-bond acceptors (Lipinski definition) is 4. The van der Waals surface area contributed by atoms with Crippen LogP contribution in [-0.4, -0.2) is 31.8 Å². The summed E-state index contributed by atoms with van der Waals surface area (Å²) in [7, 11) is 0. The molecular weight excluding hydrogens is 366 g/mol. The van der Waals surface area contributed by atoms with Crippen molar-refractivity contribution in [2.45, 2.75) is 25.7 Å². The Hall–Kier alpha value is -3.74. The van der Waals surface area contributed by atoms with Crippen LogP contribution >= 0.6 is 0 Å². The van der Waals surface area contributed by atoms with E-state index in [1.165, 1.54) is 0 Å². The van der Waals surface area contributed by atoms with Gasteiger partial charge >= 0.3 is 0 Å². The lowest BCUT2D eigenvalue weighted by molar-refractivity contribution is 0.0844. The molecule has 3 aliphatic rings. The van der Waals surface area contributed by atoms with E-state index in [-0.39, 0.29) is 5.91 Å². The third kappa shape index (κ3) is 2.66. The van der Waals surface area contributed by atoms with Gasteiger partial charge in [0.25, 0.3) is 11.8 Å². The lowest BCUT2D eigenvalue weighted by Crippen LogP contribution is -2.34. The number of carbonyl (C=O) groups excluding carboxylic acids is 2. The molecule has 6 rings (SSSR count). The number of fused-ring (bicyclic) bond motifs is 8. The van der Waals surface area contributed by atoms with Gasteiger partial charge in [0.1, 0.15) is 0 Å². The van der Waals surface area contributed by atoms with Gasteiger partial charge in [-0.1, -0.05) is 0 Å². The molecule has 0 radical (unpaired) electrons. The Bertz CT molecular complexity index is 1380. The number of rotatable bonds is 0. The Kier molecular flexibility index (Phi) is 3.29. The first-order valence-corrected chi connectivity index (χ1v) is 9.69. The minimum atomic E-state index is -0.400. The molecule has 3 aliphatic heterocycles. The predicted octanol–water partition coefficient (Wildman–Crippen LogP) is 2.77. The van der Waals surface area contributed by atoms with Gasteiger partial charge in [0, 0.05) is 33.6 Å². The molecule has 0 spiro atoms. The number of aryl methyl sites for hydroxylation is 4. The maximum atomic E-state index is 12.6. The lowest BCUT2D eigenvalue weighted by Gasteiger charge is -2.11. The number of carbonyl (C=O) groups is 2. The summed E-state index contributed by atoms with van der Waals surface area (Å²) in [5, 5.41) is 2.45. The molecule has 142 valence electrons. The summed E-state index contributed by atoms with van der Waals surface area (Å²) in [4.78, 5) is 41.1. The first kappa shape index (κ1) is 16.2. The van der Waals surface area contributed by atoms with E-state index in [1.54, 1.807) is 6.07 Å². The Morgan fingerprint density at radius 2 is 1.34 bits per heavy atom. The molecule has 3 aromatic heterocycles. The molecule has 0 atom stereocenters. The first-order valence-electron chi connectivity index (χ1n) is 9.69. The third-order valence-corrected chi connectivity index (χ3v) is 5.59. The second-order valence-corrected chi connectivity index (χ2v) is 7.62. The largest absolute Gasteiger partial charge is 0.355 e. The van der Waals surface area contributed by atoms with Crippen LogP contribution in [0.5, 0.6) is 0 Å². The summed E-state index contributed by atoms with van der Waals surface area (Å²) in [5.74, 6) is -0.785. The van der Waals surface area contributed by atoms with Crippen LogP contribution in [0.15, 0.2) is 36.4 Å². The maximum Gasteiger partial charge on any atom is 0.262 e. The van der Waals surface area contributed by atoms with Crippen LogP contribution < -0.4 is 5.32 Å². The first-order chi connectivity index (χ1) is 14.1. The molecule has 0 saturated carbocycles. The van der Waals surface area contributed by atoms with Crippen LogP contribution in [0.2, 0.25) is 0 Å². The molecule has 0 saturated heterocycles. The number of hydrogen-bond donors (Lipinski definition) is 3. The summed E-state index contributed by atoms with van der Waals surface area (Å²) in [6.07, 6.45) is 3.11. The summed E-state index contributed by atoms with van der Waals surface area (Å²) >= 11 is 0. The topological polar surface area (TPSA) is 104 Å². The van der Waals surface area contributed by atoms with Gasteiger partial charge in [-0.25, -0.2) is 0 Å². The Morgan fingerprint density at radius 3 is 2.10 bits per heavy atom. The molecule has 3 aromatic rings. The van der Waals surface area contributed by atoms with Crippen molar-refractivity contribution in [1.82, 2.24) is 25.3 Å². The summed E-state index contributed by atoms with van der Waals surface area (Å²) in [6.45, 7) is 0. The molecule has 2 amide bonds. The van der Waals surface area contributed by atoms with Crippen LogP contribution in [0.25, 0.3) is 22.1 Å². The monoisotopic (exact) mass is 383 g/mol. The zero-order valence-electron chi connectivity index (χ0n) is 15.5. The number of amides is 2. The van der Waals surface area contributed by atoms with Gasteiger partial charge in [-0.2, -0.15) is 0 Å². The lowest BCUT2D eigenvalue weighted by atomic mass is 10.0. The molecule has 0 fully saturated rings. The number of aromatic nitrogens is 4. The molecule has 6 heterocycles. The van der Waals surface area contributed by atoms with Crippen LogP contribution in [0.3, 0.4) is 0 Å². The molecule has 29 heavy (non-hydrogen) atoms. The standard InChI is InChI=1S/C22H17N5O2/c28-21-17-10-16-9-14-4-3-12(24-14)7-11-1-2-13(23-11)8-15-5-6-18(25-15)19(20(17)26-16)22(29)27-21/h1-2,7-10,23,26H,3-6H2,(H,27,28,29). The van der Waals surface area contributed by atoms with E-state index in [0.717, 1.165) is 52.9 Å². The molecule has 7 nitrogen and oxygen atoms in total. The molecule has 7 heteroatoms. The van der Waals surface area contributed by atoms with E-state index in [4.69, 9.17) is 9.97 Å². The van der Waals surface area contributed by atoms with Crippen LogP contribution in [0, 0.1) is 0 Å². The van der Waals surface area contributed by atoms with Gasteiger partial charge in [0.15, 0.2) is 0 Å². The normalized spacial score (nSPS) is 15.4. The molecule has 8 bridgehead atoms. The van der Waals surface area contributed by atoms with E-state index in [1.807, 2.05) is 24.3 Å².